The van der Waals surface area contributed by atoms with Crippen molar-refractivity contribution < 1.29 is 9.53 Å². The Balaban J connectivity index is 2.06. The van der Waals surface area contributed by atoms with Crippen LogP contribution in [0.25, 0.3) is 16.7 Å². The summed E-state index contributed by atoms with van der Waals surface area (Å²) in [5, 5.41) is 9.48. The van der Waals surface area contributed by atoms with Gasteiger partial charge in [-0.3, -0.25) is 0 Å². The molecule has 0 amide bonds. The molecule has 0 aliphatic carbocycles. The molecule has 1 aromatic heterocycles. The highest BCUT2D eigenvalue weighted by Gasteiger charge is 2.08. The number of nitrogens with zero attached hydrogens (tertiary/aromatic N) is 3. The minimum absolute atomic E-state index is 0.227. The molecule has 0 fully saturated rings. The monoisotopic (exact) mass is 306 g/mol. The van der Waals surface area contributed by atoms with Crippen molar-refractivity contribution in [3.8, 4) is 11.4 Å². The maximum atomic E-state index is 10.2. The van der Waals surface area contributed by atoms with E-state index in [0.29, 0.717) is 21.7 Å². The molecule has 7 heteroatoms. The summed E-state index contributed by atoms with van der Waals surface area (Å²) in [5.74, 6) is 0.227. The normalized spacial score (nSPS) is 10.7. The number of ether oxygens (including phenoxy) is 1. The SMILES string of the molecule is O=[C]Oc1ccc(-n2nc3ccc(Cl)cc3n2)cc1Cl. The van der Waals surface area contributed by atoms with Gasteiger partial charge >= 0.3 is 6.47 Å². The van der Waals surface area contributed by atoms with Crippen molar-refractivity contribution in [3.05, 3.63) is 46.4 Å². The van der Waals surface area contributed by atoms with E-state index < -0.39 is 0 Å². The lowest BCUT2D eigenvalue weighted by Crippen LogP contribution is -1.99. The topological polar surface area (TPSA) is 57.0 Å². The number of hydrogen-bond acceptors (Lipinski definition) is 4. The van der Waals surface area contributed by atoms with Crippen molar-refractivity contribution in [2.75, 3.05) is 0 Å². The van der Waals surface area contributed by atoms with Crippen molar-refractivity contribution >= 4 is 40.7 Å². The predicted molar refractivity (Wildman–Crippen MR) is 75.2 cm³/mol. The molecule has 99 valence electrons. The molecular formula is C13H6Cl2N3O2. The summed E-state index contributed by atoms with van der Waals surface area (Å²) in [6, 6.07) is 10.1. The lowest BCUT2D eigenvalue weighted by Gasteiger charge is -2.03. The molecule has 20 heavy (non-hydrogen) atoms. The number of benzene rings is 2. The van der Waals surface area contributed by atoms with Gasteiger partial charge in [0.05, 0.1) is 10.7 Å². The van der Waals surface area contributed by atoms with Gasteiger partial charge in [0, 0.05) is 5.02 Å². The van der Waals surface area contributed by atoms with Gasteiger partial charge in [-0.2, -0.15) is 4.80 Å². The molecule has 3 aromatic rings. The van der Waals surface area contributed by atoms with E-state index in [-0.39, 0.29) is 10.8 Å². The van der Waals surface area contributed by atoms with Gasteiger partial charge in [0.25, 0.3) is 0 Å². The van der Waals surface area contributed by atoms with Crippen LogP contribution >= 0.6 is 23.2 Å². The first-order chi connectivity index (χ1) is 9.67. The Morgan fingerprint density at radius 1 is 1.05 bits per heavy atom. The first-order valence-corrected chi connectivity index (χ1v) is 6.29. The van der Waals surface area contributed by atoms with E-state index in [4.69, 9.17) is 23.2 Å². The van der Waals surface area contributed by atoms with Crippen LogP contribution in [0.1, 0.15) is 0 Å². The molecule has 0 spiro atoms. The molecule has 1 heterocycles. The zero-order valence-corrected chi connectivity index (χ0v) is 11.4. The summed E-state index contributed by atoms with van der Waals surface area (Å²) < 4.78 is 4.60. The second-order valence-electron chi connectivity index (χ2n) is 3.92. The fraction of sp³-hybridized carbons (Fsp3) is 0. The van der Waals surface area contributed by atoms with Gasteiger partial charge in [0.1, 0.15) is 16.8 Å². The van der Waals surface area contributed by atoms with Crippen molar-refractivity contribution in [3.63, 3.8) is 0 Å². The Hall–Kier alpha value is -2.11. The highest BCUT2D eigenvalue weighted by molar-refractivity contribution is 6.32. The molecular weight excluding hydrogens is 301 g/mol. The van der Waals surface area contributed by atoms with Crippen LogP contribution in [0.2, 0.25) is 10.0 Å². The molecule has 0 saturated heterocycles. The van der Waals surface area contributed by atoms with Crippen LogP contribution in [0.4, 0.5) is 0 Å². The lowest BCUT2D eigenvalue weighted by molar-refractivity contribution is 0.443. The van der Waals surface area contributed by atoms with E-state index in [1.165, 1.54) is 11.3 Å². The van der Waals surface area contributed by atoms with Crippen LogP contribution in [0.15, 0.2) is 36.4 Å². The van der Waals surface area contributed by atoms with E-state index >= 15 is 0 Å². The summed E-state index contributed by atoms with van der Waals surface area (Å²) in [4.78, 5) is 11.6. The largest absolute Gasteiger partial charge is 0.423 e. The highest BCUT2D eigenvalue weighted by atomic mass is 35.5. The highest BCUT2D eigenvalue weighted by Crippen LogP contribution is 2.26. The summed E-state index contributed by atoms with van der Waals surface area (Å²) in [7, 11) is 0. The summed E-state index contributed by atoms with van der Waals surface area (Å²) in [6.07, 6.45) is 0. The predicted octanol–water partition coefficient (Wildman–Crippen LogP) is 3.17. The average molecular weight is 307 g/mol. The molecule has 0 atom stereocenters. The van der Waals surface area contributed by atoms with Gasteiger partial charge in [-0.15, -0.1) is 10.2 Å². The molecule has 0 N–H and O–H groups in total. The van der Waals surface area contributed by atoms with Crippen molar-refractivity contribution in [1.82, 2.24) is 15.0 Å². The number of hydrogen-bond donors (Lipinski definition) is 0. The van der Waals surface area contributed by atoms with E-state index in [1.807, 2.05) is 0 Å². The number of halogens is 2. The van der Waals surface area contributed by atoms with Gasteiger partial charge in [-0.25, -0.2) is 4.79 Å². The second-order valence-corrected chi connectivity index (χ2v) is 4.77. The van der Waals surface area contributed by atoms with Gasteiger partial charge < -0.3 is 4.74 Å². The second kappa shape index (κ2) is 5.11. The van der Waals surface area contributed by atoms with Crippen LogP contribution in [-0.4, -0.2) is 21.5 Å². The molecule has 1 radical (unpaired) electrons. The number of fused-ring (bicyclic) bond motifs is 1. The molecule has 0 aliphatic heterocycles. The minimum Gasteiger partial charge on any atom is -0.416 e. The van der Waals surface area contributed by atoms with Gasteiger partial charge in [0.15, 0.2) is 0 Å². The third-order valence-electron chi connectivity index (χ3n) is 2.64. The van der Waals surface area contributed by atoms with Crippen molar-refractivity contribution in [1.29, 1.82) is 0 Å². The van der Waals surface area contributed by atoms with Crippen LogP contribution in [0.5, 0.6) is 5.75 Å². The Kier molecular flexibility index (Phi) is 3.30. The molecule has 0 aliphatic rings. The van der Waals surface area contributed by atoms with E-state index in [9.17, 15) is 4.79 Å². The maximum absolute atomic E-state index is 10.2. The van der Waals surface area contributed by atoms with E-state index in [0.717, 1.165) is 0 Å². The first kappa shape index (κ1) is 12.9. The quantitative estimate of drug-likeness (QED) is 0.746. The maximum Gasteiger partial charge on any atom is 0.423 e. The summed E-state index contributed by atoms with van der Waals surface area (Å²) in [6.45, 7) is 1.32. The molecule has 0 bridgehead atoms. The van der Waals surface area contributed by atoms with Gasteiger partial charge in [-0.1, -0.05) is 23.2 Å². The van der Waals surface area contributed by atoms with E-state index in [2.05, 4.69) is 14.9 Å². The van der Waals surface area contributed by atoms with Crippen LogP contribution in [0, 0.1) is 0 Å². The zero-order valence-electron chi connectivity index (χ0n) is 9.88. The minimum atomic E-state index is 0.227. The third-order valence-corrected chi connectivity index (χ3v) is 3.17. The van der Waals surface area contributed by atoms with Crippen LogP contribution in [0.3, 0.4) is 0 Å². The van der Waals surface area contributed by atoms with Gasteiger partial charge in [-0.05, 0) is 36.4 Å². The van der Waals surface area contributed by atoms with Crippen LogP contribution < -0.4 is 4.74 Å². The van der Waals surface area contributed by atoms with E-state index in [1.54, 1.807) is 36.4 Å². The van der Waals surface area contributed by atoms with Crippen LogP contribution in [-0.2, 0) is 4.79 Å². The molecule has 2 aromatic carbocycles. The van der Waals surface area contributed by atoms with Crippen molar-refractivity contribution in [2.24, 2.45) is 0 Å². The Labute approximate surface area is 123 Å². The fourth-order valence-corrected chi connectivity index (χ4v) is 2.12. The standard InChI is InChI=1S/C13H6Cl2N3O2/c14-8-1-3-11-12(5-8)17-18(16-11)9-2-4-13(20-7-19)10(15)6-9/h1-6H. The zero-order chi connectivity index (χ0) is 14.1. The smallest absolute Gasteiger partial charge is 0.416 e. The molecule has 0 unspecified atom stereocenters. The molecule has 0 saturated carbocycles. The van der Waals surface area contributed by atoms with Gasteiger partial charge in [0.2, 0.25) is 0 Å². The Bertz CT molecular complexity index is 801. The molecule has 5 nitrogen and oxygen atoms in total. The number of aromatic nitrogens is 3. The van der Waals surface area contributed by atoms with Crippen molar-refractivity contribution in [2.45, 2.75) is 0 Å². The first-order valence-electron chi connectivity index (χ1n) is 5.54. The fourth-order valence-electron chi connectivity index (χ4n) is 1.74. The summed E-state index contributed by atoms with van der Waals surface area (Å²) >= 11 is 11.9. The summed E-state index contributed by atoms with van der Waals surface area (Å²) in [5.41, 5.74) is 2.03. The average Bonchev–Trinajstić information content (AvgIpc) is 2.84. The molecule has 3 rings (SSSR count). The lowest BCUT2D eigenvalue weighted by atomic mass is 10.3. The Morgan fingerprint density at radius 2 is 1.85 bits per heavy atom. The number of carbonyl (C=O) groups excluding carboxylic acids is 1. The number of rotatable bonds is 3. The Morgan fingerprint density at radius 3 is 2.60 bits per heavy atom. The third kappa shape index (κ3) is 2.33.